The molecule has 0 N–H and O–H groups in total. The van der Waals surface area contributed by atoms with Crippen LogP contribution in [0.3, 0.4) is 0 Å². The van der Waals surface area contributed by atoms with Gasteiger partial charge in [0.15, 0.2) is 0 Å². The Balaban J connectivity index is 2.08. The summed E-state index contributed by atoms with van der Waals surface area (Å²) in [6.07, 6.45) is 2.70. The van der Waals surface area contributed by atoms with Crippen LogP contribution >= 0.6 is 0 Å². The normalized spacial score (nSPS) is 42.2. The Morgan fingerprint density at radius 3 is 2.13 bits per heavy atom. The summed E-state index contributed by atoms with van der Waals surface area (Å²) in [5.74, 6) is 3.08. The van der Waals surface area contributed by atoms with Crippen LogP contribution in [0.1, 0.15) is 33.6 Å². The average Bonchev–Trinajstić information content (AvgIpc) is 2.21. The second-order valence-corrected chi connectivity index (χ2v) is 5.96. The first-order valence-corrected chi connectivity index (χ1v) is 6.08. The Morgan fingerprint density at radius 2 is 1.73 bits per heavy atom. The lowest BCUT2D eigenvalue weighted by atomic mass is 9.39. The summed E-state index contributed by atoms with van der Waals surface area (Å²) in [4.78, 5) is 0. The molecule has 15 heavy (non-hydrogen) atoms. The highest BCUT2D eigenvalue weighted by Gasteiger charge is 2.58. The van der Waals surface area contributed by atoms with E-state index in [0.29, 0.717) is 11.2 Å². The number of fused-ring (bicyclic) bond motifs is 2. The van der Waals surface area contributed by atoms with Crippen LogP contribution in [0.25, 0.3) is 0 Å². The first-order valence-electron chi connectivity index (χ1n) is 6.08. The van der Waals surface area contributed by atoms with Gasteiger partial charge in [0, 0.05) is 14.2 Å². The Kier molecular flexibility index (Phi) is 2.89. The van der Waals surface area contributed by atoms with E-state index in [1.54, 1.807) is 14.2 Å². The van der Waals surface area contributed by atoms with Gasteiger partial charge in [-0.15, -0.1) is 0 Å². The van der Waals surface area contributed by atoms with Crippen LogP contribution in [0.5, 0.6) is 0 Å². The molecular formula is C12H23BO2. The fraction of sp³-hybridized carbons (Fsp3) is 1.00. The van der Waals surface area contributed by atoms with Crippen molar-refractivity contribution in [2.24, 2.45) is 23.2 Å². The van der Waals surface area contributed by atoms with Gasteiger partial charge in [-0.1, -0.05) is 20.8 Å². The highest BCUT2D eigenvalue weighted by molar-refractivity contribution is 6.46. The molecular weight excluding hydrogens is 187 g/mol. The molecule has 3 saturated carbocycles. The zero-order chi connectivity index (χ0) is 11.2. The van der Waals surface area contributed by atoms with Crippen molar-refractivity contribution in [3.05, 3.63) is 0 Å². The second kappa shape index (κ2) is 3.78. The van der Waals surface area contributed by atoms with E-state index in [-0.39, 0.29) is 7.12 Å². The van der Waals surface area contributed by atoms with Gasteiger partial charge in [0.1, 0.15) is 0 Å². The molecule has 2 nitrogen and oxygen atoms in total. The van der Waals surface area contributed by atoms with E-state index in [9.17, 15) is 0 Å². The smallest absolute Gasteiger partial charge is 0.414 e. The topological polar surface area (TPSA) is 18.5 Å². The van der Waals surface area contributed by atoms with Crippen LogP contribution in [-0.2, 0) is 9.31 Å². The fourth-order valence-electron chi connectivity index (χ4n) is 3.99. The zero-order valence-corrected chi connectivity index (χ0v) is 10.6. The monoisotopic (exact) mass is 210 g/mol. The highest BCUT2D eigenvalue weighted by Crippen LogP contribution is 2.65. The molecule has 3 aliphatic carbocycles. The summed E-state index contributed by atoms with van der Waals surface area (Å²) in [7, 11) is 3.51. The zero-order valence-electron chi connectivity index (χ0n) is 10.6. The minimum Gasteiger partial charge on any atom is -0.414 e. The van der Waals surface area contributed by atoms with Gasteiger partial charge in [0.25, 0.3) is 0 Å². The molecule has 0 radical (unpaired) electrons. The molecule has 3 fully saturated rings. The molecule has 0 aromatic rings. The first-order chi connectivity index (χ1) is 7.02. The Labute approximate surface area is 93.9 Å². The second-order valence-electron chi connectivity index (χ2n) is 5.96. The van der Waals surface area contributed by atoms with Gasteiger partial charge in [-0.2, -0.15) is 0 Å². The van der Waals surface area contributed by atoms with Crippen molar-refractivity contribution in [3.8, 4) is 0 Å². The van der Waals surface area contributed by atoms with E-state index in [4.69, 9.17) is 9.31 Å². The van der Waals surface area contributed by atoms with Crippen molar-refractivity contribution in [1.29, 1.82) is 0 Å². The van der Waals surface area contributed by atoms with Crippen molar-refractivity contribution >= 4 is 7.12 Å². The lowest BCUT2D eigenvalue weighted by Gasteiger charge is -2.62. The third-order valence-electron chi connectivity index (χ3n) is 5.23. The molecule has 3 aliphatic rings. The van der Waals surface area contributed by atoms with E-state index in [1.165, 1.54) is 12.8 Å². The lowest BCUT2D eigenvalue weighted by molar-refractivity contribution is -0.103. The number of hydrogen-bond acceptors (Lipinski definition) is 2. The van der Waals surface area contributed by atoms with Gasteiger partial charge in [-0.3, -0.25) is 0 Å². The molecule has 0 spiro atoms. The minimum absolute atomic E-state index is 0.00130. The van der Waals surface area contributed by atoms with Crippen molar-refractivity contribution in [2.45, 2.75) is 39.4 Å². The molecule has 3 heteroatoms. The van der Waals surface area contributed by atoms with Crippen molar-refractivity contribution in [2.75, 3.05) is 14.2 Å². The Hall–Kier alpha value is -0.0151. The molecule has 3 rings (SSSR count). The molecule has 0 aliphatic heterocycles. The third kappa shape index (κ3) is 1.55. The maximum Gasteiger partial charge on any atom is 0.460 e. The maximum absolute atomic E-state index is 5.42. The van der Waals surface area contributed by atoms with Crippen LogP contribution in [0.4, 0.5) is 0 Å². The third-order valence-corrected chi connectivity index (χ3v) is 5.23. The summed E-state index contributed by atoms with van der Waals surface area (Å²) >= 11 is 0. The fourth-order valence-corrected chi connectivity index (χ4v) is 3.99. The van der Waals surface area contributed by atoms with Crippen LogP contribution in [0.15, 0.2) is 0 Å². The number of rotatable bonds is 3. The van der Waals surface area contributed by atoms with Gasteiger partial charge in [-0.05, 0) is 41.8 Å². The Morgan fingerprint density at radius 1 is 1.13 bits per heavy atom. The SMILES string of the molecule is COB(OC)[C@@H]1C[C@@H]2C[C@H]([C@H]1C)C2(C)C. The van der Waals surface area contributed by atoms with Gasteiger partial charge in [0.2, 0.25) is 0 Å². The van der Waals surface area contributed by atoms with Gasteiger partial charge >= 0.3 is 7.12 Å². The van der Waals surface area contributed by atoms with Crippen molar-refractivity contribution in [3.63, 3.8) is 0 Å². The summed E-state index contributed by atoms with van der Waals surface area (Å²) in [5.41, 5.74) is 0.557. The van der Waals surface area contributed by atoms with E-state index >= 15 is 0 Å². The predicted molar refractivity (Wildman–Crippen MR) is 62.7 cm³/mol. The van der Waals surface area contributed by atoms with E-state index in [1.807, 2.05) is 0 Å². The molecule has 2 bridgehead atoms. The number of hydrogen-bond donors (Lipinski definition) is 0. The standard InChI is InChI=1S/C12H23BO2/c1-8-10-6-9(12(10,2)3)7-11(8)13(14-4)15-5/h8-11H,6-7H2,1-5H3/t8-,9+,10-,11-/m1/s1. The first kappa shape index (κ1) is 11.5. The molecule has 0 amide bonds. The maximum atomic E-state index is 5.42. The largest absolute Gasteiger partial charge is 0.460 e. The van der Waals surface area contributed by atoms with Crippen LogP contribution in [0.2, 0.25) is 5.82 Å². The van der Waals surface area contributed by atoms with E-state index in [0.717, 1.165) is 17.8 Å². The molecule has 86 valence electrons. The van der Waals surface area contributed by atoms with Crippen LogP contribution < -0.4 is 0 Å². The molecule has 0 heterocycles. The summed E-state index contributed by atoms with van der Waals surface area (Å²) in [6.45, 7) is 7.22. The van der Waals surface area contributed by atoms with Crippen molar-refractivity contribution < 1.29 is 9.31 Å². The molecule has 0 aromatic carbocycles. The Bertz CT molecular complexity index is 238. The molecule has 0 unspecified atom stereocenters. The summed E-state index contributed by atoms with van der Waals surface area (Å²) in [5, 5.41) is 0. The predicted octanol–water partition coefficient (Wildman–Crippen LogP) is 2.84. The van der Waals surface area contributed by atoms with E-state index < -0.39 is 0 Å². The van der Waals surface area contributed by atoms with Gasteiger partial charge in [-0.25, -0.2) is 0 Å². The summed E-state index contributed by atoms with van der Waals surface area (Å²) < 4.78 is 10.8. The molecule has 0 aromatic heterocycles. The van der Waals surface area contributed by atoms with Gasteiger partial charge in [0.05, 0.1) is 0 Å². The van der Waals surface area contributed by atoms with Crippen molar-refractivity contribution in [1.82, 2.24) is 0 Å². The van der Waals surface area contributed by atoms with Crippen LogP contribution in [0, 0.1) is 23.2 Å². The minimum atomic E-state index is 0.00130. The van der Waals surface area contributed by atoms with E-state index in [2.05, 4.69) is 20.8 Å². The lowest BCUT2D eigenvalue weighted by Crippen LogP contribution is -2.56. The highest BCUT2D eigenvalue weighted by atomic mass is 16.6. The van der Waals surface area contributed by atoms with Crippen LogP contribution in [-0.4, -0.2) is 21.3 Å². The molecule has 0 saturated heterocycles. The summed E-state index contributed by atoms with van der Waals surface area (Å²) in [6, 6.07) is 0. The molecule has 4 atom stereocenters. The average molecular weight is 210 g/mol. The van der Waals surface area contributed by atoms with Gasteiger partial charge < -0.3 is 9.31 Å². The quantitative estimate of drug-likeness (QED) is 0.667.